The van der Waals surface area contributed by atoms with Crippen LogP contribution in [0.1, 0.15) is 5.56 Å². The SMILES string of the molecule is CN=CC(=CN)SNc1nc(Oc2cccc(N3CCN(C)CC3)c2)c(F)c(-c2ccccc2C)n1. The molecule has 1 aliphatic rings. The summed E-state index contributed by atoms with van der Waals surface area (Å²) in [5.74, 6) is -0.105. The molecule has 1 fully saturated rings. The van der Waals surface area contributed by atoms with E-state index in [1.807, 2.05) is 49.4 Å². The van der Waals surface area contributed by atoms with Crippen LogP contribution in [0, 0.1) is 12.7 Å². The number of ether oxygens (including phenoxy) is 1. The Hall–Kier alpha value is -3.63. The summed E-state index contributed by atoms with van der Waals surface area (Å²) >= 11 is 1.17. The van der Waals surface area contributed by atoms with Gasteiger partial charge >= 0.3 is 0 Å². The Morgan fingerprint density at radius 1 is 1.14 bits per heavy atom. The summed E-state index contributed by atoms with van der Waals surface area (Å²) < 4.78 is 24.8. The van der Waals surface area contributed by atoms with Crippen molar-refractivity contribution < 1.29 is 9.13 Å². The third kappa shape index (κ3) is 6.13. The first kappa shape index (κ1) is 25.5. The number of aromatic nitrogens is 2. The molecule has 2 aromatic carbocycles. The molecule has 0 unspecified atom stereocenters. The van der Waals surface area contributed by atoms with E-state index in [1.54, 1.807) is 19.3 Å². The number of aliphatic imine (C=N–C) groups is 1. The molecular weight excluding hydrogens is 477 g/mol. The van der Waals surface area contributed by atoms with E-state index < -0.39 is 5.82 Å². The maximum Gasteiger partial charge on any atom is 0.261 e. The second-order valence-electron chi connectivity index (χ2n) is 8.38. The van der Waals surface area contributed by atoms with Crippen molar-refractivity contribution >= 4 is 29.8 Å². The molecule has 188 valence electrons. The molecule has 0 amide bonds. The number of rotatable bonds is 8. The molecule has 2 heterocycles. The molecule has 3 N–H and O–H groups in total. The number of hydrogen-bond donors (Lipinski definition) is 2. The van der Waals surface area contributed by atoms with Crippen LogP contribution in [0.3, 0.4) is 0 Å². The minimum Gasteiger partial charge on any atom is -0.436 e. The summed E-state index contributed by atoms with van der Waals surface area (Å²) in [7, 11) is 3.77. The van der Waals surface area contributed by atoms with Crippen LogP contribution in [-0.4, -0.2) is 61.4 Å². The van der Waals surface area contributed by atoms with Gasteiger partial charge in [-0.2, -0.15) is 9.37 Å². The standard InChI is InChI=1S/C26H30FN7OS/c1-18-7-4-5-10-22(18)24-23(27)25(31-26(30-24)32-36-21(16-28)17-29-2)35-20-9-6-8-19(15-20)34-13-11-33(3)12-14-34/h4-10,15-17H,11-14,28H2,1-3H3,(H,30,31,32). The number of anilines is 2. The van der Waals surface area contributed by atoms with E-state index in [1.165, 1.54) is 18.1 Å². The van der Waals surface area contributed by atoms with Gasteiger partial charge in [0.2, 0.25) is 11.8 Å². The first-order valence-corrected chi connectivity index (χ1v) is 12.4. The van der Waals surface area contributed by atoms with Crippen molar-refractivity contribution in [1.82, 2.24) is 14.9 Å². The Labute approximate surface area is 215 Å². The average molecular weight is 508 g/mol. The molecule has 1 aliphatic heterocycles. The molecule has 10 heteroatoms. The van der Waals surface area contributed by atoms with Crippen LogP contribution in [0.4, 0.5) is 16.0 Å². The number of nitrogens with two attached hydrogens (primary N) is 1. The van der Waals surface area contributed by atoms with E-state index in [4.69, 9.17) is 10.5 Å². The van der Waals surface area contributed by atoms with E-state index in [-0.39, 0.29) is 17.5 Å². The van der Waals surface area contributed by atoms with Gasteiger partial charge in [0.1, 0.15) is 11.4 Å². The van der Waals surface area contributed by atoms with Gasteiger partial charge in [0.05, 0.1) is 4.91 Å². The lowest BCUT2D eigenvalue weighted by Crippen LogP contribution is -2.44. The predicted molar refractivity (Wildman–Crippen MR) is 146 cm³/mol. The lowest BCUT2D eigenvalue weighted by atomic mass is 10.1. The maximum absolute atomic E-state index is 15.7. The van der Waals surface area contributed by atoms with E-state index >= 15 is 4.39 Å². The lowest BCUT2D eigenvalue weighted by molar-refractivity contribution is 0.312. The van der Waals surface area contributed by atoms with Crippen molar-refractivity contribution in [1.29, 1.82) is 0 Å². The average Bonchev–Trinajstić information content (AvgIpc) is 2.89. The van der Waals surface area contributed by atoms with Gasteiger partial charge in [-0.15, -0.1) is 0 Å². The van der Waals surface area contributed by atoms with Crippen LogP contribution in [-0.2, 0) is 0 Å². The molecule has 0 bridgehead atoms. The summed E-state index contributed by atoms with van der Waals surface area (Å²) in [6.07, 6.45) is 3.02. The van der Waals surface area contributed by atoms with Crippen LogP contribution in [0.15, 0.2) is 64.6 Å². The van der Waals surface area contributed by atoms with E-state index in [9.17, 15) is 0 Å². The number of piperazine rings is 1. The Kier molecular flexibility index (Phi) is 8.40. The largest absolute Gasteiger partial charge is 0.436 e. The number of likely N-dealkylation sites (N-methyl/N-ethyl adjacent to an activating group) is 1. The molecule has 4 rings (SSSR count). The molecule has 0 atom stereocenters. The Balaban J connectivity index is 1.67. The van der Waals surface area contributed by atoms with Gasteiger partial charge in [-0.05, 0) is 43.6 Å². The molecule has 0 aliphatic carbocycles. The van der Waals surface area contributed by atoms with Gasteiger partial charge in [-0.3, -0.25) is 9.71 Å². The molecule has 8 nitrogen and oxygen atoms in total. The molecule has 0 saturated carbocycles. The normalized spacial score (nSPS) is 14.9. The van der Waals surface area contributed by atoms with Crippen LogP contribution in [0.25, 0.3) is 11.3 Å². The van der Waals surface area contributed by atoms with Crippen LogP contribution in [0.5, 0.6) is 11.6 Å². The van der Waals surface area contributed by atoms with Crippen LogP contribution >= 0.6 is 11.9 Å². The first-order chi connectivity index (χ1) is 17.5. The zero-order valence-electron chi connectivity index (χ0n) is 20.6. The monoisotopic (exact) mass is 507 g/mol. The molecule has 1 aromatic heterocycles. The molecule has 3 aromatic rings. The van der Waals surface area contributed by atoms with Gasteiger partial charge in [-0.1, -0.05) is 30.3 Å². The Morgan fingerprint density at radius 3 is 2.64 bits per heavy atom. The number of halogens is 1. The number of nitrogens with zero attached hydrogens (tertiary/aromatic N) is 5. The van der Waals surface area contributed by atoms with Gasteiger partial charge in [0, 0.05) is 63.0 Å². The summed E-state index contributed by atoms with van der Waals surface area (Å²) in [4.78, 5) is 18.0. The number of allylic oxidation sites excluding steroid dienone is 1. The maximum atomic E-state index is 15.7. The molecular formula is C26H30FN7OS. The van der Waals surface area contributed by atoms with Crippen molar-refractivity contribution in [2.45, 2.75) is 6.92 Å². The van der Waals surface area contributed by atoms with Crippen molar-refractivity contribution in [2.24, 2.45) is 10.7 Å². The van der Waals surface area contributed by atoms with Gasteiger partial charge in [0.15, 0.2) is 0 Å². The number of benzene rings is 2. The summed E-state index contributed by atoms with van der Waals surface area (Å²) in [5, 5.41) is 0. The fraction of sp³-hybridized carbons (Fsp3) is 0.269. The van der Waals surface area contributed by atoms with Crippen molar-refractivity contribution in [3.05, 3.63) is 71.0 Å². The van der Waals surface area contributed by atoms with Gasteiger partial charge in [-0.25, -0.2) is 4.98 Å². The van der Waals surface area contributed by atoms with Crippen molar-refractivity contribution in [3.63, 3.8) is 0 Å². The zero-order chi connectivity index (χ0) is 25.5. The predicted octanol–water partition coefficient (Wildman–Crippen LogP) is 4.70. The number of aryl methyl sites for hydroxylation is 1. The van der Waals surface area contributed by atoms with Crippen molar-refractivity contribution in [3.8, 4) is 22.9 Å². The second kappa shape index (κ2) is 11.9. The fourth-order valence-corrected chi connectivity index (χ4v) is 4.34. The Bertz CT molecular complexity index is 1260. The van der Waals surface area contributed by atoms with Gasteiger partial charge < -0.3 is 20.3 Å². The minimum absolute atomic E-state index is 0.152. The van der Waals surface area contributed by atoms with Crippen LogP contribution < -0.4 is 20.1 Å². The summed E-state index contributed by atoms with van der Waals surface area (Å²) in [5.41, 5.74) is 8.38. The minimum atomic E-state index is -0.630. The number of nitrogens with one attached hydrogen (secondary N) is 1. The van der Waals surface area contributed by atoms with E-state index in [2.05, 4.69) is 36.5 Å². The smallest absolute Gasteiger partial charge is 0.261 e. The molecule has 0 radical (unpaired) electrons. The van der Waals surface area contributed by atoms with Crippen molar-refractivity contribution in [2.75, 3.05) is 49.9 Å². The third-order valence-corrected chi connectivity index (χ3v) is 6.56. The number of hydrogen-bond acceptors (Lipinski definition) is 9. The highest BCUT2D eigenvalue weighted by Gasteiger charge is 2.20. The quantitative estimate of drug-likeness (QED) is 0.335. The second-order valence-corrected chi connectivity index (χ2v) is 9.26. The third-order valence-electron chi connectivity index (χ3n) is 5.80. The highest BCUT2D eigenvalue weighted by molar-refractivity contribution is 8.05. The highest BCUT2D eigenvalue weighted by atomic mass is 32.2. The molecule has 0 spiro atoms. The van der Waals surface area contributed by atoms with Crippen LogP contribution in [0.2, 0.25) is 0 Å². The molecule has 1 saturated heterocycles. The zero-order valence-corrected chi connectivity index (χ0v) is 21.4. The first-order valence-electron chi connectivity index (χ1n) is 11.6. The van der Waals surface area contributed by atoms with E-state index in [0.29, 0.717) is 16.2 Å². The summed E-state index contributed by atoms with van der Waals surface area (Å²) in [6, 6.07) is 15.1. The lowest BCUT2D eigenvalue weighted by Gasteiger charge is -2.34. The van der Waals surface area contributed by atoms with E-state index in [0.717, 1.165) is 37.4 Å². The highest BCUT2D eigenvalue weighted by Crippen LogP contribution is 2.34. The Morgan fingerprint density at radius 2 is 1.92 bits per heavy atom. The summed E-state index contributed by atoms with van der Waals surface area (Å²) in [6.45, 7) is 5.72. The fourth-order valence-electron chi connectivity index (χ4n) is 3.81. The topological polar surface area (TPSA) is 91.9 Å². The molecule has 36 heavy (non-hydrogen) atoms. The van der Waals surface area contributed by atoms with Gasteiger partial charge in [0.25, 0.3) is 5.88 Å².